The van der Waals surface area contributed by atoms with Gasteiger partial charge in [0, 0.05) is 6.04 Å². The molecule has 1 N–H and O–H groups in total. The maximum absolute atomic E-state index is 3.61. The van der Waals surface area contributed by atoms with Gasteiger partial charge in [0.1, 0.15) is 0 Å². The fourth-order valence-electron chi connectivity index (χ4n) is 3.92. The van der Waals surface area contributed by atoms with Crippen molar-refractivity contribution in [1.29, 1.82) is 0 Å². The van der Waals surface area contributed by atoms with E-state index in [0.717, 1.165) is 23.2 Å². The number of rotatable bonds is 3. The Bertz CT molecular complexity index is 211. The maximum Gasteiger partial charge on any atom is 0.00104 e. The molecule has 0 aromatic carbocycles. The van der Waals surface area contributed by atoms with Crippen LogP contribution in [0.1, 0.15) is 53.4 Å². The lowest BCUT2D eigenvalue weighted by molar-refractivity contribution is 0.184. The molecule has 1 heteroatoms. The van der Waals surface area contributed by atoms with Gasteiger partial charge in [0.2, 0.25) is 0 Å². The molecule has 0 saturated heterocycles. The monoisotopic (exact) mass is 209 g/mol. The Morgan fingerprint density at radius 1 is 1.13 bits per heavy atom. The molecule has 0 aromatic heterocycles. The van der Waals surface area contributed by atoms with E-state index in [-0.39, 0.29) is 0 Å². The third kappa shape index (κ3) is 2.55. The molecule has 2 aliphatic rings. The quantitative estimate of drug-likeness (QED) is 0.750. The van der Waals surface area contributed by atoms with Crippen LogP contribution in [0.15, 0.2) is 0 Å². The first-order chi connectivity index (χ1) is 7.02. The van der Waals surface area contributed by atoms with Crippen molar-refractivity contribution in [3.05, 3.63) is 0 Å². The lowest BCUT2D eigenvalue weighted by atomic mass is 9.73. The Kier molecular flexibility index (Phi) is 3.12. The summed E-state index contributed by atoms with van der Waals surface area (Å²) in [6, 6.07) is 0.654. The van der Waals surface area contributed by atoms with E-state index < -0.39 is 0 Å². The van der Waals surface area contributed by atoms with E-state index in [1.807, 2.05) is 0 Å². The van der Waals surface area contributed by atoms with Crippen molar-refractivity contribution in [2.45, 2.75) is 59.4 Å². The summed E-state index contributed by atoms with van der Waals surface area (Å²) in [5, 5.41) is 3.61. The molecule has 0 aromatic rings. The van der Waals surface area contributed by atoms with Gasteiger partial charge in [-0.05, 0) is 55.4 Å². The molecule has 0 amide bonds. The van der Waals surface area contributed by atoms with E-state index in [1.54, 1.807) is 0 Å². The van der Waals surface area contributed by atoms with Crippen LogP contribution in [0, 0.1) is 23.2 Å². The predicted octanol–water partition coefficient (Wildman–Crippen LogP) is 3.45. The van der Waals surface area contributed by atoms with Crippen LogP contribution in [-0.2, 0) is 0 Å². The molecule has 0 bridgehead atoms. The first kappa shape index (κ1) is 11.4. The molecule has 2 rings (SSSR count). The summed E-state index contributed by atoms with van der Waals surface area (Å²) in [7, 11) is 0. The largest absolute Gasteiger partial charge is 0.314 e. The highest BCUT2D eigenvalue weighted by molar-refractivity contribution is 5.06. The molecule has 88 valence electrons. The van der Waals surface area contributed by atoms with Crippen LogP contribution in [0.5, 0.6) is 0 Å². The van der Waals surface area contributed by atoms with Crippen molar-refractivity contribution in [1.82, 2.24) is 5.32 Å². The molecule has 3 unspecified atom stereocenters. The highest BCUT2D eigenvalue weighted by atomic mass is 14.9. The summed E-state index contributed by atoms with van der Waals surface area (Å²) in [5.41, 5.74) is 0.763. The van der Waals surface area contributed by atoms with E-state index in [1.165, 1.54) is 32.2 Å². The van der Waals surface area contributed by atoms with Gasteiger partial charge in [-0.3, -0.25) is 0 Å². The van der Waals surface area contributed by atoms with Crippen LogP contribution >= 0.6 is 0 Å². The summed E-state index contributed by atoms with van der Waals surface area (Å²) >= 11 is 0. The van der Waals surface area contributed by atoms with Crippen LogP contribution in [0.3, 0.4) is 0 Å². The Morgan fingerprint density at radius 3 is 2.27 bits per heavy atom. The van der Waals surface area contributed by atoms with E-state index in [4.69, 9.17) is 0 Å². The van der Waals surface area contributed by atoms with E-state index >= 15 is 0 Å². The number of hydrogen-bond donors (Lipinski definition) is 1. The Morgan fingerprint density at radius 2 is 1.73 bits per heavy atom. The molecule has 15 heavy (non-hydrogen) atoms. The molecule has 1 spiro atoms. The van der Waals surface area contributed by atoms with Crippen molar-refractivity contribution < 1.29 is 0 Å². The average Bonchev–Trinajstić information content (AvgIpc) is 2.72. The summed E-state index contributed by atoms with van der Waals surface area (Å²) in [6.07, 6.45) is 5.97. The molecular formula is C14H27N. The second kappa shape index (κ2) is 4.08. The molecular weight excluding hydrogens is 182 g/mol. The average molecular weight is 209 g/mol. The van der Waals surface area contributed by atoms with Crippen molar-refractivity contribution in [3.63, 3.8) is 0 Å². The second-order valence-corrected chi connectivity index (χ2v) is 6.68. The zero-order chi connectivity index (χ0) is 11.1. The van der Waals surface area contributed by atoms with Gasteiger partial charge in [-0.15, -0.1) is 0 Å². The molecule has 2 aliphatic carbocycles. The Balaban J connectivity index is 1.83. The van der Waals surface area contributed by atoms with Crippen molar-refractivity contribution >= 4 is 0 Å². The lowest BCUT2D eigenvalue weighted by Crippen LogP contribution is -2.29. The van der Waals surface area contributed by atoms with Gasteiger partial charge in [-0.25, -0.2) is 0 Å². The summed E-state index contributed by atoms with van der Waals surface area (Å²) in [6.45, 7) is 10.7. The van der Waals surface area contributed by atoms with Crippen LogP contribution in [0.4, 0.5) is 0 Å². The van der Waals surface area contributed by atoms with E-state index in [9.17, 15) is 0 Å². The lowest BCUT2D eigenvalue weighted by Gasteiger charge is -2.33. The summed E-state index contributed by atoms with van der Waals surface area (Å²) < 4.78 is 0. The van der Waals surface area contributed by atoms with Gasteiger partial charge in [0.25, 0.3) is 0 Å². The number of nitrogens with one attached hydrogen (secondary N) is 1. The first-order valence-corrected chi connectivity index (χ1v) is 6.75. The van der Waals surface area contributed by atoms with Crippen molar-refractivity contribution in [2.24, 2.45) is 23.2 Å². The van der Waals surface area contributed by atoms with Gasteiger partial charge in [-0.2, -0.15) is 0 Å². The minimum absolute atomic E-state index is 0.654. The highest BCUT2D eigenvalue weighted by Gasteiger charge is 2.55. The molecule has 0 heterocycles. The Hall–Kier alpha value is -0.0400. The molecule has 1 nitrogen and oxygen atoms in total. The summed E-state index contributed by atoms with van der Waals surface area (Å²) in [4.78, 5) is 0. The third-order valence-corrected chi connectivity index (χ3v) is 4.45. The van der Waals surface area contributed by atoms with Crippen molar-refractivity contribution in [2.75, 3.05) is 6.54 Å². The fraction of sp³-hybridized carbons (Fsp3) is 1.00. The highest BCUT2D eigenvalue weighted by Crippen LogP contribution is 2.63. The smallest absolute Gasteiger partial charge is 0.00104 e. The maximum atomic E-state index is 3.61. The Labute approximate surface area is 95.0 Å². The van der Waals surface area contributed by atoms with Gasteiger partial charge < -0.3 is 5.32 Å². The van der Waals surface area contributed by atoms with E-state index in [0.29, 0.717) is 6.04 Å². The summed E-state index contributed by atoms with van der Waals surface area (Å²) in [5.74, 6) is 2.93. The normalized spacial score (nSPS) is 45.0. The van der Waals surface area contributed by atoms with Crippen LogP contribution < -0.4 is 5.32 Å². The zero-order valence-corrected chi connectivity index (χ0v) is 10.8. The van der Waals surface area contributed by atoms with Crippen LogP contribution in [0.2, 0.25) is 0 Å². The van der Waals surface area contributed by atoms with Gasteiger partial charge in [0.05, 0.1) is 0 Å². The molecule has 0 radical (unpaired) electrons. The second-order valence-electron chi connectivity index (χ2n) is 6.68. The zero-order valence-electron chi connectivity index (χ0n) is 10.8. The van der Waals surface area contributed by atoms with Crippen LogP contribution in [0.25, 0.3) is 0 Å². The van der Waals surface area contributed by atoms with E-state index in [2.05, 4.69) is 33.0 Å². The third-order valence-electron chi connectivity index (χ3n) is 4.45. The van der Waals surface area contributed by atoms with Gasteiger partial charge >= 0.3 is 0 Å². The van der Waals surface area contributed by atoms with Crippen LogP contribution in [-0.4, -0.2) is 12.6 Å². The minimum atomic E-state index is 0.654. The molecule has 2 fully saturated rings. The van der Waals surface area contributed by atoms with Gasteiger partial charge in [-0.1, -0.05) is 27.7 Å². The standard InChI is InChI=1S/C14H27N/c1-10(2)15-9-13-8-14(13)6-11(3)5-12(4)7-14/h10-13,15H,5-9H2,1-4H3. The number of hydrogen-bond acceptors (Lipinski definition) is 1. The first-order valence-electron chi connectivity index (χ1n) is 6.75. The predicted molar refractivity (Wildman–Crippen MR) is 65.9 cm³/mol. The fourth-order valence-corrected chi connectivity index (χ4v) is 3.92. The molecule has 3 atom stereocenters. The molecule has 0 aliphatic heterocycles. The SMILES string of the molecule is CC1CC(C)CC2(C1)CC2CNC(C)C. The topological polar surface area (TPSA) is 12.0 Å². The minimum Gasteiger partial charge on any atom is -0.314 e. The van der Waals surface area contributed by atoms with Crippen molar-refractivity contribution in [3.8, 4) is 0 Å². The molecule has 2 saturated carbocycles. The van der Waals surface area contributed by atoms with Gasteiger partial charge in [0.15, 0.2) is 0 Å².